The highest BCUT2D eigenvalue weighted by molar-refractivity contribution is 5.78. The van der Waals surface area contributed by atoms with Gasteiger partial charge in [-0.3, -0.25) is 4.79 Å². The molecule has 1 unspecified atom stereocenters. The maximum atomic E-state index is 10.2. The first-order valence-corrected chi connectivity index (χ1v) is 2.43. The molecule has 1 saturated carbocycles. The average Bonchev–Trinajstić information content (AvgIpc) is 1.23. The molecule has 1 amide bonds. The van der Waals surface area contributed by atoms with Crippen LogP contribution in [0.4, 0.5) is 0 Å². The minimum atomic E-state index is -0.175. The van der Waals surface area contributed by atoms with Crippen molar-refractivity contribution in [3.8, 4) is 0 Å². The summed E-state index contributed by atoms with van der Waals surface area (Å²) >= 11 is 0. The summed E-state index contributed by atoms with van der Waals surface area (Å²) in [7, 11) is 0. The molecule has 1 fully saturated rings. The van der Waals surface area contributed by atoms with E-state index in [2.05, 4.69) is 0 Å². The number of hydrogen-bond acceptors (Lipinski definition) is 1. The van der Waals surface area contributed by atoms with Gasteiger partial charge in [-0.15, -0.1) is 0 Å². The maximum absolute atomic E-state index is 10.2. The van der Waals surface area contributed by atoms with Crippen LogP contribution < -0.4 is 5.73 Å². The van der Waals surface area contributed by atoms with Crippen molar-refractivity contribution in [2.75, 3.05) is 0 Å². The molecule has 2 N–H and O–H groups in total. The highest BCUT2D eigenvalue weighted by Crippen LogP contribution is 2.23. The Morgan fingerprint density at radius 2 is 2.43 bits per heavy atom. The van der Waals surface area contributed by atoms with Gasteiger partial charge in [0.1, 0.15) is 0 Å². The summed E-state index contributed by atoms with van der Waals surface area (Å²) in [5.41, 5.74) is 4.93. The van der Waals surface area contributed by atoms with E-state index in [1.165, 1.54) is 0 Å². The molecule has 0 saturated heterocycles. The zero-order chi connectivity index (χ0) is 5.28. The van der Waals surface area contributed by atoms with Crippen LogP contribution in [0.15, 0.2) is 0 Å². The number of amides is 1. The Balaban J connectivity index is 2.27. The normalized spacial score (nSPS) is 21.1. The molecule has 0 bridgehead atoms. The molecule has 0 heterocycles. The zero-order valence-electron chi connectivity index (χ0n) is 4.05. The van der Waals surface area contributed by atoms with Gasteiger partial charge in [-0.05, 0) is 19.3 Å². The third-order valence-electron chi connectivity index (χ3n) is 1.29. The maximum Gasteiger partial charge on any atom is 0.220 e. The lowest BCUT2D eigenvalue weighted by Crippen LogP contribution is -2.28. The highest BCUT2D eigenvalue weighted by atomic mass is 16.1. The molecule has 39 valence electrons. The standard InChI is InChI=1S/C5H8NO/c6-5(7)4-2-1-3-4/h2,4H,1,3H2,(H2,6,7). The van der Waals surface area contributed by atoms with Gasteiger partial charge in [0.15, 0.2) is 0 Å². The topological polar surface area (TPSA) is 43.1 Å². The number of carbonyl (C=O) groups is 1. The summed E-state index contributed by atoms with van der Waals surface area (Å²) in [4.78, 5) is 10.2. The van der Waals surface area contributed by atoms with Crippen LogP contribution in [0.2, 0.25) is 0 Å². The van der Waals surface area contributed by atoms with Gasteiger partial charge >= 0.3 is 0 Å². The fourth-order valence-corrected chi connectivity index (χ4v) is 0.592. The monoisotopic (exact) mass is 98.1 g/mol. The fourth-order valence-electron chi connectivity index (χ4n) is 0.592. The van der Waals surface area contributed by atoms with Crippen LogP contribution in [0.3, 0.4) is 0 Å². The summed E-state index contributed by atoms with van der Waals surface area (Å²) in [5.74, 6) is -0.0775. The average molecular weight is 98.1 g/mol. The lowest BCUT2D eigenvalue weighted by molar-refractivity contribution is -0.122. The Labute approximate surface area is 42.7 Å². The lowest BCUT2D eigenvalue weighted by Gasteiger charge is -2.20. The van der Waals surface area contributed by atoms with Crippen LogP contribution in [0.25, 0.3) is 0 Å². The molecule has 0 aliphatic heterocycles. The quantitative estimate of drug-likeness (QED) is 0.496. The molecule has 0 spiro atoms. The summed E-state index contributed by atoms with van der Waals surface area (Å²) in [5, 5.41) is 0. The van der Waals surface area contributed by atoms with E-state index in [4.69, 9.17) is 5.73 Å². The smallest absolute Gasteiger partial charge is 0.220 e. The fraction of sp³-hybridized carbons (Fsp3) is 0.600. The van der Waals surface area contributed by atoms with Gasteiger partial charge in [0, 0.05) is 5.92 Å². The number of nitrogens with two attached hydrogens (primary N) is 1. The van der Waals surface area contributed by atoms with Crippen molar-refractivity contribution in [1.29, 1.82) is 0 Å². The Bertz CT molecular complexity index is 86.1. The molecule has 2 nitrogen and oxygen atoms in total. The van der Waals surface area contributed by atoms with E-state index in [-0.39, 0.29) is 11.8 Å². The number of primary amides is 1. The van der Waals surface area contributed by atoms with Crippen molar-refractivity contribution in [1.82, 2.24) is 0 Å². The predicted octanol–water partition coefficient (Wildman–Crippen LogP) is 0.0860. The Kier molecular flexibility index (Phi) is 1.01. The second kappa shape index (κ2) is 1.52. The van der Waals surface area contributed by atoms with Crippen LogP contribution in [-0.2, 0) is 4.79 Å². The summed E-state index contributed by atoms with van der Waals surface area (Å²) in [6.45, 7) is 0. The van der Waals surface area contributed by atoms with E-state index in [9.17, 15) is 4.79 Å². The van der Waals surface area contributed by atoms with Gasteiger partial charge in [0.25, 0.3) is 0 Å². The Morgan fingerprint density at radius 1 is 1.86 bits per heavy atom. The molecule has 1 aliphatic carbocycles. The zero-order valence-corrected chi connectivity index (χ0v) is 4.05. The van der Waals surface area contributed by atoms with E-state index in [1.54, 1.807) is 0 Å². The van der Waals surface area contributed by atoms with E-state index in [0.29, 0.717) is 0 Å². The first kappa shape index (κ1) is 4.62. The van der Waals surface area contributed by atoms with Gasteiger partial charge in [0.2, 0.25) is 5.91 Å². The van der Waals surface area contributed by atoms with Crippen LogP contribution in [0.1, 0.15) is 12.8 Å². The molecule has 1 radical (unpaired) electrons. The SMILES string of the molecule is NC(=O)C1[CH]CC1. The molecule has 1 atom stereocenters. The van der Waals surface area contributed by atoms with Crippen LogP contribution in [-0.4, -0.2) is 5.91 Å². The van der Waals surface area contributed by atoms with Gasteiger partial charge in [0.05, 0.1) is 0 Å². The molecule has 2 heteroatoms. The summed E-state index contributed by atoms with van der Waals surface area (Å²) < 4.78 is 0. The lowest BCUT2D eigenvalue weighted by atomic mass is 9.85. The molecular weight excluding hydrogens is 90.1 g/mol. The molecule has 7 heavy (non-hydrogen) atoms. The van der Waals surface area contributed by atoms with Gasteiger partial charge in [-0.1, -0.05) is 0 Å². The minimum Gasteiger partial charge on any atom is -0.369 e. The van der Waals surface area contributed by atoms with E-state index >= 15 is 0 Å². The minimum absolute atomic E-state index is 0.0972. The van der Waals surface area contributed by atoms with Crippen LogP contribution in [0, 0.1) is 12.3 Å². The molecule has 0 aromatic heterocycles. The number of carbonyl (C=O) groups excluding carboxylic acids is 1. The van der Waals surface area contributed by atoms with Gasteiger partial charge < -0.3 is 5.73 Å². The van der Waals surface area contributed by atoms with E-state index in [1.807, 2.05) is 6.42 Å². The first-order chi connectivity index (χ1) is 3.30. The first-order valence-electron chi connectivity index (χ1n) is 2.43. The van der Waals surface area contributed by atoms with Crippen molar-refractivity contribution in [2.45, 2.75) is 12.8 Å². The Hall–Kier alpha value is -0.530. The third-order valence-corrected chi connectivity index (χ3v) is 1.29. The number of hydrogen-bond donors (Lipinski definition) is 1. The largest absolute Gasteiger partial charge is 0.369 e. The third kappa shape index (κ3) is 0.734. The number of rotatable bonds is 1. The van der Waals surface area contributed by atoms with E-state index in [0.717, 1.165) is 12.8 Å². The van der Waals surface area contributed by atoms with Crippen molar-refractivity contribution in [2.24, 2.45) is 11.7 Å². The molecular formula is C5H8NO. The van der Waals surface area contributed by atoms with Crippen molar-refractivity contribution in [3.05, 3.63) is 6.42 Å². The highest BCUT2D eigenvalue weighted by Gasteiger charge is 2.22. The molecule has 1 aliphatic rings. The van der Waals surface area contributed by atoms with Crippen molar-refractivity contribution < 1.29 is 4.79 Å². The van der Waals surface area contributed by atoms with Crippen LogP contribution in [0.5, 0.6) is 0 Å². The van der Waals surface area contributed by atoms with Crippen LogP contribution >= 0.6 is 0 Å². The van der Waals surface area contributed by atoms with Crippen molar-refractivity contribution in [3.63, 3.8) is 0 Å². The molecule has 0 aromatic rings. The Morgan fingerprint density at radius 3 is 2.43 bits per heavy atom. The van der Waals surface area contributed by atoms with E-state index < -0.39 is 0 Å². The van der Waals surface area contributed by atoms with Crippen molar-refractivity contribution >= 4 is 5.91 Å². The van der Waals surface area contributed by atoms with Gasteiger partial charge in [-0.2, -0.15) is 0 Å². The summed E-state index contributed by atoms with van der Waals surface area (Å²) in [6, 6.07) is 0. The summed E-state index contributed by atoms with van der Waals surface area (Å²) in [6.07, 6.45) is 3.98. The molecule has 1 rings (SSSR count). The van der Waals surface area contributed by atoms with Gasteiger partial charge in [-0.25, -0.2) is 0 Å². The second-order valence-electron chi connectivity index (χ2n) is 1.82. The molecule has 0 aromatic carbocycles. The predicted molar refractivity (Wildman–Crippen MR) is 26.2 cm³/mol. The second-order valence-corrected chi connectivity index (χ2v) is 1.82.